The second kappa shape index (κ2) is 6.69. The fraction of sp³-hybridized carbons (Fsp3) is 0.417. The maximum absolute atomic E-state index is 12.4. The molecule has 0 aliphatic rings. The van der Waals surface area contributed by atoms with Gasteiger partial charge in [0, 0.05) is 25.3 Å². The zero-order valence-corrected chi connectivity index (χ0v) is 12.1. The number of benzene rings is 1. The Morgan fingerprint density at radius 1 is 1.40 bits per heavy atom. The molecular formula is C12H19N3O4S. The van der Waals surface area contributed by atoms with Crippen molar-refractivity contribution in [3.05, 3.63) is 23.8 Å². The van der Waals surface area contributed by atoms with Crippen molar-refractivity contribution in [1.29, 1.82) is 0 Å². The summed E-state index contributed by atoms with van der Waals surface area (Å²) in [5.74, 6) is -0.673. The average molecular weight is 301 g/mol. The first-order chi connectivity index (χ1) is 9.34. The molecule has 1 amide bonds. The summed E-state index contributed by atoms with van der Waals surface area (Å²) in [6, 6.07) is 3.84. The van der Waals surface area contributed by atoms with Crippen molar-refractivity contribution < 1.29 is 18.3 Å². The van der Waals surface area contributed by atoms with Crippen LogP contribution < -0.4 is 11.5 Å². The minimum atomic E-state index is -3.75. The van der Waals surface area contributed by atoms with Gasteiger partial charge in [0.05, 0.1) is 5.69 Å². The number of rotatable bonds is 7. The predicted octanol–water partition coefficient (Wildman–Crippen LogP) is -0.239. The van der Waals surface area contributed by atoms with E-state index in [1.807, 2.05) is 0 Å². The fourth-order valence-corrected chi connectivity index (χ4v) is 3.36. The van der Waals surface area contributed by atoms with E-state index in [1.54, 1.807) is 6.92 Å². The summed E-state index contributed by atoms with van der Waals surface area (Å²) in [4.78, 5) is 11.0. The Morgan fingerprint density at radius 3 is 2.50 bits per heavy atom. The Morgan fingerprint density at radius 2 is 2.05 bits per heavy atom. The molecule has 7 nitrogen and oxygen atoms in total. The van der Waals surface area contributed by atoms with E-state index in [0.29, 0.717) is 6.42 Å². The summed E-state index contributed by atoms with van der Waals surface area (Å²) in [6.45, 7) is 2.07. The molecule has 8 heteroatoms. The first-order valence-electron chi connectivity index (χ1n) is 6.15. The minimum Gasteiger partial charge on any atom is -0.398 e. The van der Waals surface area contributed by atoms with E-state index in [4.69, 9.17) is 16.6 Å². The van der Waals surface area contributed by atoms with Crippen LogP contribution >= 0.6 is 0 Å². The molecule has 1 rings (SSSR count). The molecule has 0 heterocycles. The van der Waals surface area contributed by atoms with Crippen molar-refractivity contribution in [2.24, 2.45) is 5.73 Å². The van der Waals surface area contributed by atoms with Crippen molar-refractivity contribution in [1.82, 2.24) is 4.31 Å². The van der Waals surface area contributed by atoms with Gasteiger partial charge in [-0.05, 0) is 24.6 Å². The van der Waals surface area contributed by atoms with Crippen LogP contribution in [0.25, 0.3) is 0 Å². The maximum Gasteiger partial charge on any atom is 0.248 e. The number of carbonyl (C=O) groups excluding carboxylic acids is 1. The Kier molecular flexibility index (Phi) is 5.49. The Hall–Kier alpha value is -1.64. The molecular weight excluding hydrogens is 282 g/mol. The van der Waals surface area contributed by atoms with Gasteiger partial charge in [-0.1, -0.05) is 6.92 Å². The van der Waals surface area contributed by atoms with Crippen LogP contribution in [-0.4, -0.2) is 43.4 Å². The first kappa shape index (κ1) is 16.4. The van der Waals surface area contributed by atoms with Crippen LogP contribution in [0.3, 0.4) is 0 Å². The highest BCUT2D eigenvalue weighted by atomic mass is 32.2. The molecule has 0 bridgehead atoms. The van der Waals surface area contributed by atoms with E-state index in [0.717, 1.165) is 0 Å². The first-order valence-corrected chi connectivity index (χ1v) is 7.59. The van der Waals surface area contributed by atoms with Crippen molar-refractivity contribution in [3.8, 4) is 0 Å². The third kappa shape index (κ3) is 3.47. The second-order valence-corrected chi connectivity index (χ2v) is 6.10. The SMILES string of the molecule is CCN(CCCO)S(=O)(=O)c1ccc(C(N)=O)cc1N. The lowest BCUT2D eigenvalue weighted by atomic mass is 10.2. The zero-order valence-electron chi connectivity index (χ0n) is 11.2. The van der Waals surface area contributed by atoms with Crippen LogP contribution in [0.2, 0.25) is 0 Å². The zero-order chi connectivity index (χ0) is 15.3. The molecule has 0 saturated heterocycles. The number of carbonyl (C=O) groups is 1. The normalized spacial score (nSPS) is 11.8. The van der Waals surface area contributed by atoms with Gasteiger partial charge in [0.15, 0.2) is 0 Å². The average Bonchev–Trinajstić information content (AvgIpc) is 2.38. The lowest BCUT2D eigenvalue weighted by molar-refractivity contribution is 0.1000. The van der Waals surface area contributed by atoms with Gasteiger partial charge in [0.1, 0.15) is 4.90 Å². The van der Waals surface area contributed by atoms with Crippen LogP contribution in [0.15, 0.2) is 23.1 Å². The smallest absolute Gasteiger partial charge is 0.248 e. The molecule has 0 radical (unpaired) electrons. The Bertz CT molecular complexity index is 586. The molecule has 0 aliphatic carbocycles. The summed E-state index contributed by atoms with van der Waals surface area (Å²) in [5, 5.41) is 8.80. The molecule has 0 aromatic heterocycles. The van der Waals surface area contributed by atoms with Gasteiger partial charge in [-0.15, -0.1) is 0 Å². The summed E-state index contributed by atoms with van der Waals surface area (Å²) >= 11 is 0. The van der Waals surface area contributed by atoms with Crippen molar-refractivity contribution in [2.45, 2.75) is 18.2 Å². The second-order valence-electron chi connectivity index (χ2n) is 4.19. The standard InChI is InChI=1S/C12H19N3O4S/c1-2-15(6-3-7-16)20(18,19)11-5-4-9(12(14)17)8-10(11)13/h4-5,8,16H,2-3,6-7,13H2,1H3,(H2,14,17). The predicted molar refractivity (Wildman–Crippen MR) is 75.5 cm³/mol. The molecule has 0 saturated carbocycles. The molecule has 0 fully saturated rings. The van der Waals surface area contributed by atoms with Crippen LogP contribution in [-0.2, 0) is 10.0 Å². The van der Waals surface area contributed by atoms with Gasteiger partial charge in [-0.25, -0.2) is 8.42 Å². The largest absolute Gasteiger partial charge is 0.398 e. The van der Waals surface area contributed by atoms with E-state index < -0.39 is 15.9 Å². The molecule has 0 atom stereocenters. The summed E-state index contributed by atoms with van der Waals surface area (Å²) in [7, 11) is -3.75. The summed E-state index contributed by atoms with van der Waals surface area (Å²) in [5.41, 5.74) is 10.9. The van der Waals surface area contributed by atoms with Gasteiger partial charge in [-0.3, -0.25) is 4.79 Å². The lowest BCUT2D eigenvalue weighted by Crippen LogP contribution is -2.32. The van der Waals surface area contributed by atoms with Gasteiger partial charge in [0.2, 0.25) is 15.9 Å². The number of hydrogen-bond donors (Lipinski definition) is 3. The number of anilines is 1. The number of sulfonamides is 1. The van der Waals surface area contributed by atoms with E-state index in [1.165, 1.54) is 22.5 Å². The van der Waals surface area contributed by atoms with Gasteiger partial charge in [-0.2, -0.15) is 4.31 Å². The molecule has 20 heavy (non-hydrogen) atoms. The van der Waals surface area contributed by atoms with Crippen LogP contribution in [0, 0.1) is 0 Å². The Labute approximate surface area is 118 Å². The number of hydrogen-bond acceptors (Lipinski definition) is 5. The Balaban J connectivity index is 3.17. The third-order valence-electron chi connectivity index (χ3n) is 2.83. The van der Waals surface area contributed by atoms with Crippen LogP contribution in [0.5, 0.6) is 0 Å². The van der Waals surface area contributed by atoms with Crippen molar-refractivity contribution >= 4 is 21.6 Å². The van der Waals surface area contributed by atoms with Crippen LogP contribution in [0.4, 0.5) is 5.69 Å². The van der Waals surface area contributed by atoms with Crippen molar-refractivity contribution in [3.63, 3.8) is 0 Å². The number of amides is 1. The van der Waals surface area contributed by atoms with Gasteiger partial charge >= 0.3 is 0 Å². The molecule has 5 N–H and O–H groups in total. The highest BCUT2D eigenvalue weighted by Gasteiger charge is 2.25. The van der Waals surface area contributed by atoms with Gasteiger partial charge < -0.3 is 16.6 Å². The number of aliphatic hydroxyl groups is 1. The maximum atomic E-state index is 12.4. The topological polar surface area (TPSA) is 127 Å². The molecule has 0 spiro atoms. The molecule has 1 aromatic carbocycles. The van der Waals surface area contributed by atoms with E-state index in [-0.39, 0.29) is 35.8 Å². The number of nitrogens with two attached hydrogens (primary N) is 2. The highest BCUT2D eigenvalue weighted by Crippen LogP contribution is 2.23. The number of primary amides is 1. The van der Waals surface area contributed by atoms with E-state index in [9.17, 15) is 13.2 Å². The highest BCUT2D eigenvalue weighted by molar-refractivity contribution is 7.89. The third-order valence-corrected chi connectivity index (χ3v) is 4.88. The lowest BCUT2D eigenvalue weighted by Gasteiger charge is -2.21. The number of nitrogen functional groups attached to an aromatic ring is 1. The fourth-order valence-electron chi connectivity index (χ4n) is 1.77. The molecule has 0 aliphatic heterocycles. The summed E-state index contributed by atoms with van der Waals surface area (Å²) in [6.07, 6.45) is 0.340. The molecule has 112 valence electrons. The monoisotopic (exact) mass is 301 g/mol. The summed E-state index contributed by atoms with van der Waals surface area (Å²) < 4.78 is 26.1. The van der Waals surface area contributed by atoms with E-state index in [2.05, 4.69) is 0 Å². The minimum absolute atomic E-state index is 0.0243. The van der Waals surface area contributed by atoms with Gasteiger partial charge in [0.25, 0.3) is 0 Å². The van der Waals surface area contributed by atoms with Crippen molar-refractivity contribution in [2.75, 3.05) is 25.4 Å². The quantitative estimate of drug-likeness (QED) is 0.599. The van der Waals surface area contributed by atoms with E-state index >= 15 is 0 Å². The number of nitrogens with zero attached hydrogens (tertiary/aromatic N) is 1. The van der Waals surface area contributed by atoms with Crippen LogP contribution in [0.1, 0.15) is 23.7 Å². The number of aliphatic hydroxyl groups excluding tert-OH is 1. The molecule has 1 aromatic rings. The molecule has 0 unspecified atom stereocenters.